The Morgan fingerprint density at radius 1 is 1.39 bits per heavy atom. The first kappa shape index (κ1) is 13.3. The summed E-state index contributed by atoms with van der Waals surface area (Å²) in [6, 6.07) is 3.53. The molecule has 5 heteroatoms. The topological polar surface area (TPSA) is 72.8 Å². The van der Waals surface area contributed by atoms with Crippen LogP contribution in [0, 0.1) is 12.5 Å². The van der Waals surface area contributed by atoms with Gasteiger partial charge < -0.3 is 14.6 Å². The fraction of sp³-hybridized carbons (Fsp3) is 0.0769. The third-order valence-electron chi connectivity index (χ3n) is 1.84. The van der Waals surface area contributed by atoms with Gasteiger partial charge in [-0.1, -0.05) is 13.0 Å². The minimum absolute atomic E-state index is 0.00743. The van der Waals surface area contributed by atoms with E-state index in [0.717, 1.165) is 6.07 Å². The summed E-state index contributed by atoms with van der Waals surface area (Å²) in [6.07, 6.45) is 6.52. The number of phenols is 1. The predicted octanol–water partition coefficient (Wildman–Crippen LogP) is 1.62. The molecule has 5 nitrogen and oxygen atoms in total. The van der Waals surface area contributed by atoms with E-state index in [4.69, 9.17) is 11.2 Å². The molecule has 0 heterocycles. The number of carbonyl (C=O) groups excluding carboxylic acids is 2. The fourth-order valence-electron chi connectivity index (χ4n) is 1.07. The molecule has 0 bridgehead atoms. The van der Waals surface area contributed by atoms with E-state index in [9.17, 15) is 14.7 Å². The average Bonchev–Trinajstić information content (AvgIpc) is 2.28. The lowest BCUT2D eigenvalue weighted by Gasteiger charge is -2.06. The van der Waals surface area contributed by atoms with Gasteiger partial charge in [-0.25, -0.2) is 9.59 Å². The second-order valence-corrected chi connectivity index (χ2v) is 3.39. The summed E-state index contributed by atoms with van der Waals surface area (Å²) in [4.78, 5) is 22.6. The van der Waals surface area contributed by atoms with Gasteiger partial charge in [0.05, 0.1) is 5.56 Å². The third-order valence-corrected chi connectivity index (χ3v) is 1.84. The van der Waals surface area contributed by atoms with E-state index in [2.05, 4.69) is 11.3 Å². The zero-order valence-corrected chi connectivity index (χ0v) is 9.60. The molecule has 0 saturated carbocycles. The largest absolute Gasteiger partial charge is 0.508 e. The number of esters is 2. The molecule has 1 N–H and O–H groups in total. The Balaban J connectivity index is 3.02. The lowest BCUT2D eigenvalue weighted by Crippen LogP contribution is -2.09. The van der Waals surface area contributed by atoms with Crippen LogP contribution in [-0.2, 0) is 9.53 Å². The van der Waals surface area contributed by atoms with Crippen molar-refractivity contribution in [2.75, 3.05) is 0 Å². The molecular weight excluding hydrogens is 236 g/mol. The minimum Gasteiger partial charge on any atom is -0.508 e. The van der Waals surface area contributed by atoms with Crippen molar-refractivity contribution in [2.24, 2.45) is 0 Å². The quantitative estimate of drug-likeness (QED) is 0.379. The fourth-order valence-corrected chi connectivity index (χ4v) is 1.07. The number of rotatable bonds is 3. The molecule has 0 spiro atoms. The maximum Gasteiger partial charge on any atom is 0.352 e. The van der Waals surface area contributed by atoms with Crippen LogP contribution in [0.1, 0.15) is 17.3 Å². The van der Waals surface area contributed by atoms with E-state index in [1.807, 2.05) is 0 Å². The van der Waals surface area contributed by atoms with Gasteiger partial charge in [0, 0.05) is 11.6 Å². The molecule has 0 aliphatic heterocycles. The molecule has 1 rings (SSSR count). The van der Waals surface area contributed by atoms with Gasteiger partial charge >= 0.3 is 11.9 Å². The number of terminal acetylenes is 1. The van der Waals surface area contributed by atoms with Crippen LogP contribution in [0.5, 0.6) is 11.5 Å². The summed E-state index contributed by atoms with van der Waals surface area (Å²) in [5.74, 6) is -1.77. The summed E-state index contributed by atoms with van der Waals surface area (Å²) in [5, 5.41) is 9.39. The van der Waals surface area contributed by atoms with Crippen LogP contribution in [0.4, 0.5) is 0 Å². The number of hydrogen-bond donors (Lipinski definition) is 1. The van der Waals surface area contributed by atoms with Crippen molar-refractivity contribution in [2.45, 2.75) is 6.92 Å². The van der Waals surface area contributed by atoms with Crippen molar-refractivity contribution in [1.82, 2.24) is 0 Å². The molecule has 0 aliphatic carbocycles. The summed E-state index contributed by atoms with van der Waals surface area (Å²) in [6.45, 7) is 4.88. The number of phenolic OH excluding ortho intramolecular Hbond substituents is 1. The van der Waals surface area contributed by atoms with Gasteiger partial charge in [0.15, 0.2) is 0 Å². The number of carbonyl (C=O) groups is 2. The average molecular weight is 246 g/mol. The van der Waals surface area contributed by atoms with Crippen molar-refractivity contribution in [3.63, 3.8) is 0 Å². The molecule has 18 heavy (non-hydrogen) atoms. The first-order chi connectivity index (χ1) is 8.43. The van der Waals surface area contributed by atoms with Crippen LogP contribution in [-0.4, -0.2) is 17.0 Å². The minimum atomic E-state index is -0.832. The molecular formula is C13H10O5. The Morgan fingerprint density at radius 3 is 2.61 bits per heavy atom. The van der Waals surface area contributed by atoms with Crippen molar-refractivity contribution >= 4 is 11.9 Å². The molecule has 1 aromatic carbocycles. The van der Waals surface area contributed by atoms with Crippen molar-refractivity contribution < 1.29 is 24.2 Å². The molecule has 0 fully saturated rings. The molecule has 0 unspecified atom stereocenters. The second kappa shape index (κ2) is 5.55. The number of benzene rings is 1. The van der Waals surface area contributed by atoms with Gasteiger partial charge in [0.1, 0.15) is 17.6 Å². The van der Waals surface area contributed by atoms with Gasteiger partial charge in [-0.15, -0.1) is 0 Å². The van der Waals surface area contributed by atoms with E-state index in [0.29, 0.717) is 0 Å². The summed E-state index contributed by atoms with van der Waals surface area (Å²) in [7, 11) is 0. The molecule has 92 valence electrons. The van der Waals surface area contributed by atoms with Crippen LogP contribution in [0.25, 0.3) is 0 Å². The first-order valence-electron chi connectivity index (χ1n) is 4.82. The Labute approximate surface area is 104 Å². The zero-order valence-electron chi connectivity index (χ0n) is 9.60. The summed E-state index contributed by atoms with van der Waals surface area (Å²) in [5.41, 5.74) is 0.156. The maximum absolute atomic E-state index is 11.3. The van der Waals surface area contributed by atoms with Crippen molar-refractivity contribution in [3.05, 3.63) is 35.9 Å². The van der Waals surface area contributed by atoms with Crippen molar-refractivity contribution in [3.8, 4) is 24.0 Å². The van der Waals surface area contributed by atoms with Gasteiger partial charge in [-0.2, -0.15) is 0 Å². The van der Waals surface area contributed by atoms with Crippen LogP contribution in [0.3, 0.4) is 0 Å². The van der Waals surface area contributed by atoms with E-state index < -0.39 is 11.9 Å². The molecule has 1 aromatic rings. The normalized spacial score (nSPS) is 9.11. The molecule has 0 aromatic heterocycles. The lowest BCUT2D eigenvalue weighted by atomic mass is 10.2. The number of hydrogen-bond acceptors (Lipinski definition) is 5. The van der Waals surface area contributed by atoms with Crippen LogP contribution in [0.15, 0.2) is 30.4 Å². The smallest absolute Gasteiger partial charge is 0.352 e. The highest BCUT2D eigenvalue weighted by molar-refractivity contribution is 5.92. The predicted molar refractivity (Wildman–Crippen MR) is 62.8 cm³/mol. The highest BCUT2D eigenvalue weighted by Crippen LogP contribution is 2.23. The van der Waals surface area contributed by atoms with Crippen molar-refractivity contribution in [1.29, 1.82) is 0 Å². The molecule has 0 aliphatic rings. The maximum atomic E-state index is 11.3. The molecule has 0 amide bonds. The second-order valence-electron chi connectivity index (χ2n) is 3.39. The summed E-state index contributed by atoms with van der Waals surface area (Å²) < 4.78 is 9.18. The SMILES string of the molecule is C#COC(=O)c1cc(O)cc(OC(=O)C(=C)C)c1. The van der Waals surface area contributed by atoms with Crippen LogP contribution in [0.2, 0.25) is 0 Å². The number of aromatic hydroxyl groups is 1. The molecule has 0 atom stereocenters. The Morgan fingerprint density at radius 2 is 2.06 bits per heavy atom. The van der Waals surface area contributed by atoms with Gasteiger partial charge in [0.25, 0.3) is 0 Å². The third kappa shape index (κ3) is 3.39. The Hall–Kier alpha value is -2.74. The molecule has 0 radical (unpaired) electrons. The van der Waals surface area contributed by atoms with E-state index in [1.54, 1.807) is 6.11 Å². The summed E-state index contributed by atoms with van der Waals surface area (Å²) >= 11 is 0. The highest BCUT2D eigenvalue weighted by Gasteiger charge is 2.12. The van der Waals surface area contributed by atoms with Gasteiger partial charge in [-0.3, -0.25) is 0 Å². The monoisotopic (exact) mass is 246 g/mol. The molecule has 0 saturated heterocycles. The number of ether oxygens (including phenoxy) is 2. The Kier molecular flexibility index (Phi) is 4.11. The van der Waals surface area contributed by atoms with E-state index in [-0.39, 0.29) is 22.6 Å². The van der Waals surface area contributed by atoms with Gasteiger partial charge in [0.2, 0.25) is 0 Å². The zero-order chi connectivity index (χ0) is 13.7. The Bertz CT molecular complexity index is 551. The standard InChI is InChI=1S/C13H10O5/c1-4-17-13(16)9-5-10(14)7-11(6-9)18-12(15)8(2)3/h1,5-7,14H,2H2,3H3. The van der Waals surface area contributed by atoms with Crippen LogP contribution < -0.4 is 4.74 Å². The first-order valence-corrected chi connectivity index (χ1v) is 4.82. The van der Waals surface area contributed by atoms with E-state index in [1.165, 1.54) is 19.1 Å². The van der Waals surface area contributed by atoms with Gasteiger partial charge in [-0.05, 0) is 19.1 Å². The van der Waals surface area contributed by atoms with Crippen LogP contribution >= 0.6 is 0 Å². The lowest BCUT2D eigenvalue weighted by molar-refractivity contribution is -0.130. The van der Waals surface area contributed by atoms with E-state index >= 15 is 0 Å². The highest BCUT2D eigenvalue weighted by atomic mass is 16.5.